The van der Waals surface area contributed by atoms with Crippen LogP contribution in [0.15, 0.2) is 47.1 Å². The average Bonchev–Trinajstić information content (AvgIpc) is 3.13. The maximum Gasteiger partial charge on any atom is 0.287 e. The van der Waals surface area contributed by atoms with E-state index < -0.39 is 11.9 Å². The van der Waals surface area contributed by atoms with Gasteiger partial charge in [-0.3, -0.25) is 9.59 Å². The molecule has 2 amide bonds. The third kappa shape index (κ3) is 5.67. The minimum absolute atomic E-state index is 0.174. The van der Waals surface area contributed by atoms with Gasteiger partial charge in [0, 0.05) is 0 Å². The van der Waals surface area contributed by atoms with Crippen molar-refractivity contribution in [1.29, 1.82) is 0 Å². The van der Waals surface area contributed by atoms with Crippen molar-refractivity contribution in [3.8, 4) is 5.75 Å². The molecule has 0 aliphatic carbocycles. The minimum Gasteiger partial charge on any atom is -0.492 e. The van der Waals surface area contributed by atoms with Crippen LogP contribution in [0.5, 0.6) is 5.75 Å². The number of hydrogen-bond donors (Lipinski definition) is 2. The molecule has 2 rings (SSSR count). The van der Waals surface area contributed by atoms with Gasteiger partial charge in [0.1, 0.15) is 18.4 Å². The predicted molar refractivity (Wildman–Crippen MR) is 94.7 cm³/mol. The molecule has 1 heterocycles. The predicted octanol–water partition coefficient (Wildman–Crippen LogP) is 2.72. The number of furan rings is 1. The highest BCUT2D eigenvalue weighted by atomic mass is 16.5. The Morgan fingerprint density at radius 2 is 1.84 bits per heavy atom. The molecule has 6 heteroatoms. The second-order valence-corrected chi connectivity index (χ2v) is 6.04. The summed E-state index contributed by atoms with van der Waals surface area (Å²) in [4.78, 5) is 23.8. The van der Waals surface area contributed by atoms with Gasteiger partial charge in [-0.15, -0.1) is 0 Å². The van der Waals surface area contributed by atoms with Crippen molar-refractivity contribution in [3.05, 3.63) is 54.0 Å². The summed E-state index contributed by atoms with van der Waals surface area (Å²) in [5.74, 6) is 0.713. The maximum atomic E-state index is 12.0. The molecule has 6 nitrogen and oxygen atoms in total. The molecule has 134 valence electrons. The quantitative estimate of drug-likeness (QED) is 0.722. The van der Waals surface area contributed by atoms with Crippen molar-refractivity contribution >= 4 is 11.8 Å². The molecule has 25 heavy (non-hydrogen) atoms. The van der Waals surface area contributed by atoms with Crippen LogP contribution in [-0.2, 0) is 4.79 Å². The standard InChI is InChI=1S/C19H24N2O4/c1-13(2)15-6-8-16(9-7-15)24-12-10-20-18(22)14(3)21-19(23)17-5-4-11-25-17/h4-9,11,13-14H,10,12H2,1-3H3,(H,20,22)(H,21,23)/t14-/m0/s1. The fourth-order valence-electron chi connectivity index (χ4n) is 2.19. The van der Waals surface area contributed by atoms with Gasteiger partial charge in [0.05, 0.1) is 12.8 Å². The van der Waals surface area contributed by atoms with E-state index >= 15 is 0 Å². The van der Waals surface area contributed by atoms with Crippen molar-refractivity contribution in [2.45, 2.75) is 32.7 Å². The van der Waals surface area contributed by atoms with Crippen LogP contribution in [0.4, 0.5) is 0 Å². The van der Waals surface area contributed by atoms with E-state index in [-0.39, 0.29) is 11.7 Å². The first-order valence-corrected chi connectivity index (χ1v) is 8.32. The number of amides is 2. The lowest BCUT2D eigenvalue weighted by molar-refractivity contribution is -0.122. The summed E-state index contributed by atoms with van der Waals surface area (Å²) in [5.41, 5.74) is 1.25. The Morgan fingerprint density at radius 3 is 2.44 bits per heavy atom. The highest BCUT2D eigenvalue weighted by Crippen LogP contribution is 2.18. The number of benzene rings is 1. The molecule has 1 aromatic carbocycles. The summed E-state index contributed by atoms with van der Waals surface area (Å²) in [5, 5.41) is 5.30. The van der Waals surface area contributed by atoms with E-state index in [4.69, 9.17) is 9.15 Å². The Bertz CT molecular complexity index is 678. The molecule has 0 aliphatic rings. The zero-order valence-electron chi connectivity index (χ0n) is 14.7. The van der Waals surface area contributed by atoms with E-state index in [1.165, 1.54) is 11.8 Å². The number of hydrogen-bond acceptors (Lipinski definition) is 4. The first-order chi connectivity index (χ1) is 12.0. The highest BCUT2D eigenvalue weighted by molar-refractivity contribution is 5.95. The molecule has 1 atom stereocenters. The normalized spacial score (nSPS) is 11.8. The number of nitrogens with one attached hydrogen (secondary N) is 2. The molecule has 0 radical (unpaired) electrons. The third-order valence-electron chi connectivity index (χ3n) is 3.70. The number of carbonyl (C=O) groups is 2. The largest absolute Gasteiger partial charge is 0.492 e. The second-order valence-electron chi connectivity index (χ2n) is 6.04. The monoisotopic (exact) mass is 344 g/mol. The van der Waals surface area contributed by atoms with Crippen molar-refractivity contribution < 1.29 is 18.7 Å². The van der Waals surface area contributed by atoms with Gasteiger partial charge in [-0.2, -0.15) is 0 Å². The Labute approximate surface area is 147 Å². The van der Waals surface area contributed by atoms with Crippen LogP contribution in [0, 0.1) is 0 Å². The van der Waals surface area contributed by atoms with Crippen LogP contribution in [-0.4, -0.2) is 31.0 Å². The van der Waals surface area contributed by atoms with Gasteiger partial charge in [0.2, 0.25) is 5.91 Å². The zero-order valence-corrected chi connectivity index (χ0v) is 14.7. The average molecular weight is 344 g/mol. The number of carbonyl (C=O) groups excluding carboxylic acids is 2. The lowest BCUT2D eigenvalue weighted by Gasteiger charge is -2.14. The van der Waals surface area contributed by atoms with E-state index in [1.807, 2.05) is 24.3 Å². The Morgan fingerprint density at radius 1 is 1.12 bits per heavy atom. The van der Waals surface area contributed by atoms with Crippen LogP contribution in [0.2, 0.25) is 0 Å². The van der Waals surface area contributed by atoms with Gasteiger partial charge in [-0.1, -0.05) is 26.0 Å². The molecule has 0 saturated carbocycles. The van der Waals surface area contributed by atoms with Crippen molar-refractivity contribution in [2.24, 2.45) is 0 Å². The molecule has 2 aromatic rings. The Hall–Kier alpha value is -2.76. The lowest BCUT2D eigenvalue weighted by atomic mass is 10.0. The zero-order chi connectivity index (χ0) is 18.2. The molecule has 0 aliphatic heterocycles. The second kappa shape index (κ2) is 8.92. The highest BCUT2D eigenvalue weighted by Gasteiger charge is 2.17. The first-order valence-electron chi connectivity index (χ1n) is 8.32. The summed E-state index contributed by atoms with van der Waals surface area (Å²) in [7, 11) is 0. The number of rotatable bonds is 8. The minimum atomic E-state index is -0.664. The molecule has 0 fully saturated rings. The Kier molecular flexibility index (Phi) is 6.62. The molecule has 2 N–H and O–H groups in total. The summed E-state index contributed by atoms with van der Waals surface area (Å²) in [6.45, 7) is 6.59. The SMILES string of the molecule is CC(C)c1ccc(OCCNC(=O)[C@H](C)NC(=O)c2ccco2)cc1. The van der Waals surface area contributed by atoms with Gasteiger partial charge >= 0.3 is 0 Å². The molecule has 0 bridgehead atoms. The molecular formula is C19H24N2O4. The third-order valence-corrected chi connectivity index (χ3v) is 3.70. The van der Waals surface area contributed by atoms with E-state index in [1.54, 1.807) is 19.1 Å². The van der Waals surface area contributed by atoms with E-state index in [9.17, 15) is 9.59 Å². The summed E-state index contributed by atoms with van der Waals surface area (Å²) < 4.78 is 10.6. The van der Waals surface area contributed by atoms with Gasteiger partial charge < -0.3 is 19.8 Å². The van der Waals surface area contributed by atoms with E-state index in [0.717, 1.165) is 5.75 Å². The van der Waals surface area contributed by atoms with E-state index in [0.29, 0.717) is 19.1 Å². The summed E-state index contributed by atoms with van der Waals surface area (Å²) >= 11 is 0. The lowest BCUT2D eigenvalue weighted by Crippen LogP contribution is -2.45. The van der Waals surface area contributed by atoms with Gasteiger partial charge in [0.25, 0.3) is 5.91 Å². The molecule has 0 saturated heterocycles. The van der Waals surface area contributed by atoms with Crippen LogP contribution < -0.4 is 15.4 Å². The van der Waals surface area contributed by atoms with Gasteiger partial charge in [-0.05, 0) is 42.7 Å². The summed E-state index contributed by atoms with van der Waals surface area (Å²) in [6, 6.07) is 10.4. The Balaban J connectivity index is 1.68. The topological polar surface area (TPSA) is 80.6 Å². The molecule has 0 unspecified atom stereocenters. The molecule has 0 spiro atoms. The van der Waals surface area contributed by atoms with Crippen LogP contribution in [0.3, 0.4) is 0 Å². The summed E-state index contributed by atoms with van der Waals surface area (Å²) in [6.07, 6.45) is 1.41. The van der Waals surface area contributed by atoms with Crippen molar-refractivity contribution in [2.75, 3.05) is 13.2 Å². The molecular weight excluding hydrogens is 320 g/mol. The fourth-order valence-corrected chi connectivity index (χ4v) is 2.19. The van der Waals surface area contributed by atoms with Crippen LogP contribution >= 0.6 is 0 Å². The van der Waals surface area contributed by atoms with Crippen molar-refractivity contribution in [3.63, 3.8) is 0 Å². The molecule has 1 aromatic heterocycles. The van der Waals surface area contributed by atoms with Gasteiger partial charge in [-0.25, -0.2) is 0 Å². The van der Waals surface area contributed by atoms with Crippen molar-refractivity contribution in [1.82, 2.24) is 10.6 Å². The first kappa shape index (κ1) is 18.6. The van der Waals surface area contributed by atoms with Crippen LogP contribution in [0.25, 0.3) is 0 Å². The van der Waals surface area contributed by atoms with Gasteiger partial charge in [0.15, 0.2) is 5.76 Å². The maximum absolute atomic E-state index is 12.0. The number of ether oxygens (including phenoxy) is 1. The fraction of sp³-hybridized carbons (Fsp3) is 0.368. The van der Waals surface area contributed by atoms with E-state index in [2.05, 4.69) is 24.5 Å². The van der Waals surface area contributed by atoms with Crippen LogP contribution in [0.1, 0.15) is 42.8 Å². The smallest absolute Gasteiger partial charge is 0.287 e.